The van der Waals surface area contributed by atoms with E-state index in [9.17, 15) is 4.79 Å². The molecule has 0 bridgehead atoms. The largest absolute Gasteiger partial charge is 0.485 e. The van der Waals surface area contributed by atoms with E-state index in [0.717, 1.165) is 11.3 Å². The molecular weight excluding hydrogens is 280 g/mol. The molecule has 5 nitrogen and oxygen atoms in total. The number of carbonyl (C=O) groups excluding carboxylic acids is 1. The molecule has 0 spiro atoms. The number of rotatable bonds is 1. The monoisotopic (exact) mass is 300 g/mol. The number of ether oxygens (including phenoxy) is 2. The molecular formula is C17H20N2O3. The van der Waals surface area contributed by atoms with Crippen LogP contribution in [-0.2, 0) is 9.53 Å². The van der Waals surface area contributed by atoms with Gasteiger partial charge in [0.1, 0.15) is 17.5 Å². The highest BCUT2D eigenvalue weighted by Crippen LogP contribution is 2.46. The van der Waals surface area contributed by atoms with Gasteiger partial charge in [-0.1, -0.05) is 6.92 Å². The Balaban J connectivity index is 2.13. The molecule has 2 aliphatic rings. The Morgan fingerprint density at radius 3 is 2.95 bits per heavy atom. The number of benzene rings is 1. The second kappa shape index (κ2) is 5.29. The third kappa shape index (κ3) is 2.24. The maximum atomic E-state index is 12.4. The van der Waals surface area contributed by atoms with Crippen molar-refractivity contribution in [1.82, 2.24) is 4.90 Å². The van der Waals surface area contributed by atoms with E-state index in [-0.39, 0.29) is 18.1 Å². The van der Waals surface area contributed by atoms with E-state index in [0.29, 0.717) is 25.1 Å². The van der Waals surface area contributed by atoms with Gasteiger partial charge in [0.15, 0.2) is 0 Å². The Hall–Kier alpha value is -2.06. The molecule has 0 aromatic heterocycles. The predicted octanol–water partition coefficient (Wildman–Crippen LogP) is 2.41. The first kappa shape index (κ1) is 14.9. The lowest BCUT2D eigenvalue weighted by molar-refractivity contribution is -0.174. The predicted molar refractivity (Wildman–Crippen MR) is 80.3 cm³/mol. The SMILES string of the molecule is CCC(=O)N1CCO[C@H]2[C@H]1c1cc(C#N)ccc1OC2(C)C. The van der Waals surface area contributed by atoms with Crippen molar-refractivity contribution in [3.63, 3.8) is 0 Å². The van der Waals surface area contributed by atoms with Crippen LogP contribution in [0.4, 0.5) is 0 Å². The Labute approximate surface area is 130 Å². The number of carbonyl (C=O) groups is 1. The maximum absolute atomic E-state index is 12.4. The summed E-state index contributed by atoms with van der Waals surface area (Å²) < 4.78 is 12.0. The van der Waals surface area contributed by atoms with Crippen LogP contribution >= 0.6 is 0 Å². The van der Waals surface area contributed by atoms with Crippen LogP contribution in [0.25, 0.3) is 0 Å². The zero-order valence-electron chi connectivity index (χ0n) is 13.1. The molecule has 1 saturated heterocycles. The Morgan fingerprint density at radius 2 is 2.27 bits per heavy atom. The van der Waals surface area contributed by atoms with Gasteiger partial charge in [-0.2, -0.15) is 5.26 Å². The Bertz CT molecular complexity index is 648. The van der Waals surface area contributed by atoms with Crippen molar-refractivity contribution in [2.45, 2.75) is 44.9 Å². The van der Waals surface area contributed by atoms with Gasteiger partial charge in [0.05, 0.1) is 24.3 Å². The summed E-state index contributed by atoms with van der Waals surface area (Å²) in [5.41, 5.74) is 0.901. The average molecular weight is 300 g/mol. The van der Waals surface area contributed by atoms with Gasteiger partial charge in [0.2, 0.25) is 5.91 Å². The van der Waals surface area contributed by atoms with Crippen molar-refractivity contribution in [3.8, 4) is 11.8 Å². The van der Waals surface area contributed by atoms with Crippen LogP contribution in [0.1, 0.15) is 44.4 Å². The fraction of sp³-hybridized carbons (Fsp3) is 0.529. The summed E-state index contributed by atoms with van der Waals surface area (Å²) in [5, 5.41) is 9.16. The fourth-order valence-corrected chi connectivity index (χ4v) is 3.35. The summed E-state index contributed by atoms with van der Waals surface area (Å²) in [6.07, 6.45) is 0.218. The zero-order chi connectivity index (χ0) is 15.9. The van der Waals surface area contributed by atoms with Gasteiger partial charge in [-0.15, -0.1) is 0 Å². The smallest absolute Gasteiger partial charge is 0.222 e. The summed E-state index contributed by atoms with van der Waals surface area (Å²) >= 11 is 0. The van der Waals surface area contributed by atoms with E-state index in [1.807, 2.05) is 37.8 Å². The van der Waals surface area contributed by atoms with Crippen molar-refractivity contribution in [2.24, 2.45) is 0 Å². The van der Waals surface area contributed by atoms with Crippen molar-refractivity contribution < 1.29 is 14.3 Å². The highest BCUT2D eigenvalue weighted by atomic mass is 16.6. The lowest BCUT2D eigenvalue weighted by Gasteiger charge is -2.51. The standard InChI is InChI=1S/C17H20N2O3/c1-4-14(20)19-7-8-21-16-15(19)12-9-11(10-18)5-6-13(12)22-17(16,2)3/h5-6,9,15-16H,4,7-8H2,1-3H3/t15-,16+/m1/s1. The molecule has 0 radical (unpaired) electrons. The molecule has 2 heterocycles. The molecule has 2 atom stereocenters. The van der Waals surface area contributed by atoms with Gasteiger partial charge in [-0.25, -0.2) is 0 Å². The van der Waals surface area contributed by atoms with Crippen LogP contribution in [0, 0.1) is 11.3 Å². The molecule has 0 unspecified atom stereocenters. The molecule has 0 N–H and O–H groups in total. The number of nitrogens with zero attached hydrogens (tertiary/aromatic N) is 2. The van der Waals surface area contributed by atoms with E-state index < -0.39 is 5.60 Å². The van der Waals surface area contributed by atoms with Crippen LogP contribution in [0.2, 0.25) is 0 Å². The number of nitriles is 1. The van der Waals surface area contributed by atoms with Crippen LogP contribution in [0.15, 0.2) is 18.2 Å². The van der Waals surface area contributed by atoms with Gasteiger partial charge in [-0.3, -0.25) is 4.79 Å². The minimum Gasteiger partial charge on any atom is -0.485 e. The molecule has 2 aliphatic heterocycles. The number of fused-ring (bicyclic) bond motifs is 3. The Morgan fingerprint density at radius 1 is 1.50 bits per heavy atom. The summed E-state index contributed by atoms with van der Waals surface area (Å²) in [7, 11) is 0. The minimum atomic E-state index is -0.529. The van der Waals surface area contributed by atoms with Gasteiger partial charge in [-0.05, 0) is 32.0 Å². The number of morpholine rings is 1. The summed E-state index contributed by atoms with van der Waals surface area (Å²) in [6.45, 7) is 6.90. The molecule has 22 heavy (non-hydrogen) atoms. The number of hydrogen-bond acceptors (Lipinski definition) is 4. The minimum absolute atomic E-state index is 0.101. The van der Waals surface area contributed by atoms with Crippen molar-refractivity contribution >= 4 is 5.91 Å². The summed E-state index contributed by atoms with van der Waals surface area (Å²) in [5.74, 6) is 0.828. The molecule has 1 amide bonds. The molecule has 0 aliphatic carbocycles. The van der Waals surface area contributed by atoms with Crippen LogP contribution in [0.5, 0.6) is 5.75 Å². The summed E-state index contributed by atoms with van der Waals surface area (Å²) in [6, 6.07) is 7.32. The topological polar surface area (TPSA) is 62.6 Å². The molecule has 1 aromatic rings. The number of hydrogen-bond donors (Lipinski definition) is 0. The summed E-state index contributed by atoms with van der Waals surface area (Å²) in [4.78, 5) is 14.2. The highest BCUT2D eigenvalue weighted by Gasteiger charge is 2.50. The Kier molecular flexibility index (Phi) is 3.57. The van der Waals surface area contributed by atoms with Gasteiger partial charge in [0.25, 0.3) is 0 Å². The second-order valence-electron chi connectivity index (χ2n) is 6.25. The lowest BCUT2D eigenvalue weighted by atomic mass is 9.83. The normalized spacial score (nSPS) is 25.5. The highest BCUT2D eigenvalue weighted by molar-refractivity contribution is 5.77. The maximum Gasteiger partial charge on any atom is 0.222 e. The van der Waals surface area contributed by atoms with Crippen LogP contribution in [-0.4, -0.2) is 35.7 Å². The third-order valence-corrected chi connectivity index (χ3v) is 4.39. The first-order valence-corrected chi connectivity index (χ1v) is 7.62. The van der Waals surface area contributed by atoms with Gasteiger partial charge >= 0.3 is 0 Å². The lowest BCUT2D eigenvalue weighted by Crippen LogP contribution is -2.59. The van der Waals surface area contributed by atoms with E-state index in [2.05, 4.69) is 6.07 Å². The molecule has 0 saturated carbocycles. The van der Waals surface area contributed by atoms with Crippen LogP contribution in [0.3, 0.4) is 0 Å². The van der Waals surface area contributed by atoms with Crippen LogP contribution < -0.4 is 4.74 Å². The third-order valence-electron chi connectivity index (χ3n) is 4.39. The molecule has 3 rings (SSSR count). The average Bonchev–Trinajstić information content (AvgIpc) is 2.53. The zero-order valence-corrected chi connectivity index (χ0v) is 13.1. The first-order chi connectivity index (χ1) is 10.5. The first-order valence-electron chi connectivity index (χ1n) is 7.62. The van der Waals surface area contributed by atoms with E-state index >= 15 is 0 Å². The van der Waals surface area contributed by atoms with E-state index in [1.54, 1.807) is 6.07 Å². The quantitative estimate of drug-likeness (QED) is 0.799. The van der Waals surface area contributed by atoms with Gasteiger partial charge in [0, 0.05) is 18.5 Å². The van der Waals surface area contributed by atoms with Crippen molar-refractivity contribution in [1.29, 1.82) is 5.26 Å². The number of amides is 1. The fourth-order valence-electron chi connectivity index (χ4n) is 3.35. The molecule has 116 valence electrons. The molecule has 1 aromatic carbocycles. The van der Waals surface area contributed by atoms with E-state index in [1.165, 1.54) is 0 Å². The molecule has 1 fully saturated rings. The van der Waals surface area contributed by atoms with Gasteiger partial charge < -0.3 is 14.4 Å². The van der Waals surface area contributed by atoms with E-state index in [4.69, 9.17) is 14.7 Å². The van der Waals surface area contributed by atoms with Crippen molar-refractivity contribution in [3.05, 3.63) is 29.3 Å². The molecule has 5 heteroatoms. The van der Waals surface area contributed by atoms with Crippen molar-refractivity contribution in [2.75, 3.05) is 13.2 Å². The second-order valence-corrected chi connectivity index (χ2v) is 6.25.